The quantitative estimate of drug-likeness (QED) is 0.789. The molecule has 2 aromatic rings. The molecule has 122 valence electrons. The lowest BCUT2D eigenvalue weighted by atomic mass is 10.0. The number of halogens is 3. The van der Waals surface area contributed by atoms with Gasteiger partial charge in [-0.05, 0) is 24.6 Å². The summed E-state index contributed by atoms with van der Waals surface area (Å²) in [6, 6.07) is 6.42. The van der Waals surface area contributed by atoms with Gasteiger partial charge in [0.1, 0.15) is 11.7 Å². The molecule has 1 atom stereocenters. The van der Waals surface area contributed by atoms with Gasteiger partial charge in [-0.3, -0.25) is 9.48 Å². The average Bonchev–Trinajstić information content (AvgIpc) is 3.01. The Bertz CT molecular complexity index is 699. The van der Waals surface area contributed by atoms with E-state index in [1.54, 1.807) is 23.2 Å². The molecule has 4 nitrogen and oxygen atoms in total. The van der Waals surface area contributed by atoms with Gasteiger partial charge in [-0.2, -0.15) is 5.10 Å². The van der Waals surface area contributed by atoms with Gasteiger partial charge in [0.2, 0.25) is 5.91 Å². The Balaban J connectivity index is 1.86. The molecule has 0 bridgehead atoms. The summed E-state index contributed by atoms with van der Waals surface area (Å²) in [6.07, 6.45) is 3.18. The molecule has 0 aliphatic carbocycles. The van der Waals surface area contributed by atoms with Crippen LogP contribution in [-0.4, -0.2) is 32.5 Å². The summed E-state index contributed by atoms with van der Waals surface area (Å²) in [5.41, 5.74) is 1.39. The Kier molecular flexibility index (Phi) is 4.87. The maximum atomic E-state index is 14.1. The molecule has 1 aromatic carbocycles. The van der Waals surface area contributed by atoms with Crippen LogP contribution < -0.4 is 0 Å². The number of alkyl halides is 1. The molecule has 1 aliphatic rings. The van der Waals surface area contributed by atoms with Crippen molar-refractivity contribution in [3.63, 3.8) is 0 Å². The van der Waals surface area contributed by atoms with Crippen LogP contribution in [0.2, 0.25) is 5.02 Å². The molecule has 1 aromatic heterocycles. The van der Waals surface area contributed by atoms with E-state index < -0.39 is 5.82 Å². The normalized spacial score (nSPS) is 16.9. The highest BCUT2D eigenvalue weighted by atomic mass is 35.5. The van der Waals surface area contributed by atoms with Crippen LogP contribution in [0.1, 0.15) is 17.7 Å². The zero-order chi connectivity index (χ0) is 16.4. The largest absolute Gasteiger partial charge is 0.334 e. The standard InChI is InChI=1S/C16H16Cl2FN3O/c17-9-16(23)21(10-13-14(18)2-1-3-15(13)19)11-5-7-22-12(8-11)4-6-20-22/h1-4,6,11H,5,7-10H2. The van der Waals surface area contributed by atoms with Crippen LogP contribution in [0.4, 0.5) is 4.39 Å². The van der Waals surface area contributed by atoms with Gasteiger partial charge in [-0.15, -0.1) is 11.6 Å². The third-order valence-electron chi connectivity index (χ3n) is 4.19. The Morgan fingerprint density at radius 2 is 2.26 bits per heavy atom. The van der Waals surface area contributed by atoms with Crippen molar-refractivity contribution < 1.29 is 9.18 Å². The number of benzene rings is 1. The number of fused-ring (bicyclic) bond motifs is 1. The molecule has 3 rings (SSSR count). The van der Waals surface area contributed by atoms with Gasteiger partial charge in [-0.25, -0.2) is 4.39 Å². The molecular formula is C16H16Cl2FN3O. The number of hydrogen-bond donors (Lipinski definition) is 0. The van der Waals surface area contributed by atoms with E-state index in [9.17, 15) is 9.18 Å². The number of aryl methyl sites for hydroxylation is 1. The third kappa shape index (κ3) is 3.35. The lowest BCUT2D eigenvalue weighted by Crippen LogP contribution is -2.44. The van der Waals surface area contributed by atoms with Crippen LogP contribution in [0.3, 0.4) is 0 Å². The highest BCUT2D eigenvalue weighted by Crippen LogP contribution is 2.25. The van der Waals surface area contributed by atoms with Gasteiger partial charge >= 0.3 is 0 Å². The lowest BCUT2D eigenvalue weighted by Gasteiger charge is -2.34. The van der Waals surface area contributed by atoms with Crippen LogP contribution in [-0.2, 0) is 24.3 Å². The van der Waals surface area contributed by atoms with Crippen LogP contribution in [0.5, 0.6) is 0 Å². The molecule has 1 aliphatic heterocycles. The van der Waals surface area contributed by atoms with Gasteiger partial charge in [0, 0.05) is 41.5 Å². The maximum Gasteiger partial charge on any atom is 0.238 e. The van der Waals surface area contributed by atoms with E-state index in [0.29, 0.717) is 17.0 Å². The predicted molar refractivity (Wildman–Crippen MR) is 87.0 cm³/mol. The fraction of sp³-hybridized carbons (Fsp3) is 0.375. The molecule has 1 amide bonds. The van der Waals surface area contributed by atoms with Crippen LogP contribution in [0.25, 0.3) is 0 Å². The molecule has 0 saturated heterocycles. The molecule has 0 radical (unpaired) electrons. The molecule has 0 fully saturated rings. The van der Waals surface area contributed by atoms with E-state index in [4.69, 9.17) is 23.2 Å². The first kappa shape index (κ1) is 16.3. The molecule has 0 spiro atoms. The minimum Gasteiger partial charge on any atom is -0.334 e. The van der Waals surface area contributed by atoms with Gasteiger partial charge < -0.3 is 4.90 Å². The summed E-state index contributed by atoms with van der Waals surface area (Å²) in [5.74, 6) is -0.767. The first-order valence-corrected chi connectivity index (χ1v) is 8.30. The Morgan fingerprint density at radius 1 is 1.43 bits per heavy atom. The highest BCUT2D eigenvalue weighted by Gasteiger charge is 2.29. The summed E-state index contributed by atoms with van der Waals surface area (Å²) >= 11 is 11.9. The van der Waals surface area contributed by atoms with E-state index >= 15 is 0 Å². The molecular weight excluding hydrogens is 340 g/mol. The maximum absolute atomic E-state index is 14.1. The number of aromatic nitrogens is 2. The second-order valence-corrected chi connectivity index (χ2v) is 6.22. The van der Waals surface area contributed by atoms with Crippen molar-refractivity contribution in [2.45, 2.75) is 32.0 Å². The van der Waals surface area contributed by atoms with Crippen LogP contribution >= 0.6 is 23.2 Å². The summed E-state index contributed by atoms with van der Waals surface area (Å²) in [7, 11) is 0. The number of carbonyl (C=O) groups excluding carboxylic acids is 1. The zero-order valence-electron chi connectivity index (χ0n) is 12.4. The van der Waals surface area contributed by atoms with Crippen molar-refractivity contribution in [3.05, 3.63) is 52.6 Å². The van der Waals surface area contributed by atoms with Crippen molar-refractivity contribution >= 4 is 29.1 Å². The van der Waals surface area contributed by atoms with Crippen molar-refractivity contribution in [1.29, 1.82) is 0 Å². The van der Waals surface area contributed by atoms with Crippen molar-refractivity contribution in [1.82, 2.24) is 14.7 Å². The van der Waals surface area contributed by atoms with Crippen molar-refractivity contribution in [2.24, 2.45) is 0 Å². The average molecular weight is 356 g/mol. The Hall–Kier alpha value is -1.59. The third-order valence-corrected chi connectivity index (χ3v) is 4.77. The summed E-state index contributed by atoms with van der Waals surface area (Å²) in [4.78, 5) is 13.9. The van der Waals surface area contributed by atoms with Gasteiger partial charge in [0.05, 0.1) is 6.54 Å². The minimum atomic E-state index is -0.411. The van der Waals surface area contributed by atoms with E-state index in [-0.39, 0.29) is 24.4 Å². The van der Waals surface area contributed by atoms with E-state index in [1.807, 2.05) is 10.7 Å². The monoisotopic (exact) mass is 355 g/mol. The van der Waals surface area contributed by atoms with Gasteiger partial charge in [0.25, 0.3) is 0 Å². The molecule has 1 unspecified atom stereocenters. The summed E-state index contributed by atoms with van der Waals surface area (Å²) in [5, 5.41) is 4.55. The highest BCUT2D eigenvalue weighted by molar-refractivity contribution is 6.31. The molecule has 7 heteroatoms. The molecule has 0 saturated carbocycles. The number of nitrogens with zero attached hydrogens (tertiary/aromatic N) is 3. The minimum absolute atomic E-state index is 0.0406. The van der Waals surface area contributed by atoms with Crippen LogP contribution in [0, 0.1) is 5.82 Å². The Labute approximate surface area is 143 Å². The fourth-order valence-electron chi connectivity index (χ4n) is 2.97. The SMILES string of the molecule is O=C(CCl)N(Cc1c(F)cccc1Cl)C1CCn2nccc2C1. The van der Waals surface area contributed by atoms with Gasteiger partial charge in [0.15, 0.2) is 0 Å². The molecule has 23 heavy (non-hydrogen) atoms. The van der Waals surface area contributed by atoms with Gasteiger partial charge in [-0.1, -0.05) is 17.7 Å². The van der Waals surface area contributed by atoms with E-state index in [1.165, 1.54) is 6.07 Å². The van der Waals surface area contributed by atoms with Crippen LogP contribution in [0.15, 0.2) is 30.5 Å². The van der Waals surface area contributed by atoms with E-state index in [0.717, 1.165) is 18.7 Å². The van der Waals surface area contributed by atoms with E-state index in [2.05, 4.69) is 5.10 Å². The number of carbonyl (C=O) groups is 1. The topological polar surface area (TPSA) is 38.1 Å². The predicted octanol–water partition coefficient (Wildman–Crippen LogP) is 3.26. The molecule has 2 heterocycles. The van der Waals surface area contributed by atoms with Crippen molar-refractivity contribution in [3.8, 4) is 0 Å². The van der Waals surface area contributed by atoms with Crippen molar-refractivity contribution in [2.75, 3.05) is 5.88 Å². The zero-order valence-corrected chi connectivity index (χ0v) is 13.9. The lowest BCUT2D eigenvalue weighted by molar-refractivity contribution is -0.132. The second kappa shape index (κ2) is 6.89. The number of rotatable bonds is 4. The fourth-order valence-corrected chi connectivity index (χ4v) is 3.34. The Morgan fingerprint density at radius 3 is 3.00 bits per heavy atom. The summed E-state index contributed by atoms with van der Waals surface area (Å²) < 4.78 is 16.0. The number of hydrogen-bond acceptors (Lipinski definition) is 2. The number of amides is 1. The smallest absolute Gasteiger partial charge is 0.238 e. The molecule has 0 N–H and O–H groups in total. The first-order chi connectivity index (χ1) is 11.1. The summed E-state index contributed by atoms with van der Waals surface area (Å²) in [6.45, 7) is 0.847. The first-order valence-electron chi connectivity index (χ1n) is 7.39. The second-order valence-electron chi connectivity index (χ2n) is 5.55.